The molecule has 0 bridgehead atoms. The molecule has 0 aliphatic carbocycles. The Morgan fingerprint density at radius 2 is 1.40 bits per heavy atom. The summed E-state index contributed by atoms with van der Waals surface area (Å²) in [6.07, 6.45) is 0. The number of nitrogens with one attached hydrogen (secondary N) is 3. The highest BCUT2D eigenvalue weighted by Crippen LogP contribution is 2.17. The molecule has 2 rings (SSSR count). The Kier molecular flexibility index (Phi) is 6.56. The second-order valence-electron chi connectivity index (χ2n) is 5.91. The molecule has 2 amide bonds. The van der Waals surface area contributed by atoms with Crippen molar-refractivity contribution in [1.82, 2.24) is 5.32 Å². The van der Waals surface area contributed by atoms with Crippen molar-refractivity contribution in [3.8, 4) is 0 Å². The fraction of sp³-hybridized carbons (Fsp3) is 0.263. The first kappa shape index (κ1) is 19.0. The normalized spacial score (nSPS) is 13.0. The van der Waals surface area contributed by atoms with Gasteiger partial charge in [0.15, 0.2) is 0 Å². The van der Waals surface area contributed by atoms with Gasteiger partial charge in [0.25, 0.3) is 0 Å². The maximum atomic E-state index is 12.3. The maximum absolute atomic E-state index is 12.3. The second-order valence-corrected chi connectivity index (χ2v) is 6.35. The van der Waals surface area contributed by atoms with Crippen molar-refractivity contribution in [2.24, 2.45) is 0 Å². The Balaban J connectivity index is 1.91. The standard InChI is InChI=1S/C19H22ClN3O2/c1-12(15-4-6-16(20)7-5-15)21-13(2)19(25)23-18-10-8-17(9-11-18)22-14(3)24/h4-13,21H,1-3H3,(H,22,24)(H,23,25)/t12-,13-/m0/s1. The first-order valence-corrected chi connectivity index (χ1v) is 8.43. The number of benzene rings is 2. The van der Waals surface area contributed by atoms with Crippen LogP contribution in [0.4, 0.5) is 11.4 Å². The average molecular weight is 360 g/mol. The van der Waals surface area contributed by atoms with E-state index in [1.54, 1.807) is 24.3 Å². The fourth-order valence-electron chi connectivity index (χ4n) is 2.39. The maximum Gasteiger partial charge on any atom is 0.241 e. The van der Waals surface area contributed by atoms with Gasteiger partial charge in [-0.25, -0.2) is 0 Å². The summed E-state index contributed by atoms with van der Waals surface area (Å²) in [5.41, 5.74) is 2.42. The Bertz CT molecular complexity index is 729. The van der Waals surface area contributed by atoms with Crippen molar-refractivity contribution >= 4 is 34.8 Å². The Morgan fingerprint density at radius 1 is 0.880 bits per heavy atom. The van der Waals surface area contributed by atoms with Crippen LogP contribution in [0, 0.1) is 0 Å². The van der Waals surface area contributed by atoms with Gasteiger partial charge >= 0.3 is 0 Å². The van der Waals surface area contributed by atoms with E-state index in [1.807, 2.05) is 38.1 Å². The molecule has 0 fully saturated rings. The number of hydrogen-bond donors (Lipinski definition) is 3. The predicted molar refractivity (Wildman–Crippen MR) is 102 cm³/mol. The van der Waals surface area contributed by atoms with Crippen molar-refractivity contribution in [2.45, 2.75) is 32.9 Å². The first-order valence-electron chi connectivity index (χ1n) is 8.05. The number of halogens is 1. The van der Waals surface area contributed by atoms with Gasteiger partial charge in [0.1, 0.15) is 0 Å². The molecule has 2 atom stereocenters. The molecule has 0 spiro atoms. The summed E-state index contributed by atoms with van der Waals surface area (Å²) in [5, 5.41) is 9.48. The molecule has 0 aromatic heterocycles. The van der Waals surface area contributed by atoms with Gasteiger partial charge in [-0.2, -0.15) is 0 Å². The molecular formula is C19H22ClN3O2. The second kappa shape index (κ2) is 8.65. The molecule has 0 aliphatic rings. The zero-order valence-electron chi connectivity index (χ0n) is 14.5. The van der Waals surface area contributed by atoms with Crippen LogP contribution in [0.2, 0.25) is 5.02 Å². The number of anilines is 2. The number of rotatable bonds is 6. The largest absolute Gasteiger partial charge is 0.326 e. The van der Waals surface area contributed by atoms with Crippen LogP contribution in [0.1, 0.15) is 32.4 Å². The van der Waals surface area contributed by atoms with Crippen molar-refractivity contribution in [3.05, 3.63) is 59.1 Å². The highest BCUT2D eigenvalue weighted by Gasteiger charge is 2.16. The van der Waals surface area contributed by atoms with Crippen molar-refractivity contribution in [3.63, 3.8) is 0 Å². The lowest BCUT2D eigenvalue weighted by Gasteiger charge is -2.20. The van der Waals surface area contributed by atoms with E-state index in [0.717, 1.165) is 5.56 Å². The third-order valence-electron chi connectivity index (χ3n) is 3.74. The van der Waals surface area contributed by atoms with E-state index in [0.29, 0.717) is 16.4 Å². The van der Waals surface area contributed by atoms with Gasteiger partial charge in [-0.3, -0.25) is 14.9 Å². The molecule has 25 heavy (non-hydrogen) atoms. The van der Waals surface area contributed by atoms with Crippen molar-refractivity contribution in [2.75, 3.05) is 10.6 Å². The van der Waals surface area contributed by atoms with Crippen molar-refractivity contribution < 1.29 is 9.59 Å². The van der Waals surface area contributed by atoms with E-state index >= 15 is 0 Å². The molecule has 2 aromatic rings. The van der Waals surface area contributed by atoms with Crippen LogP contribution in [0.25, 0.3) is 0 Å². The Morgan fingerprint density at radius 3 is 1.92 bits per heavy atom. The lowest BCUT2D eigenvalue weighted by atomic mass is 10.1. The number of hydrogen-bond acceptors (Lipinski definition) is 3. The first-order chi connectivity index (χ1) is 11.8. The van der Waals surface area contributed by atoms with Gasteiger partial charge < -0.3 is 10.6 Å². The summed E-state index contributed by atoms with van der Waals surface area (Å²) >= 11 is 5.89. The van der Waals surface area contributed by atoms with E-state index in [9.17, 15) is 9.59 Å². The molecule has 0 radical (unpaired) electrons. The molecule has 6 heteroatoms. The molecule has 132 valence electrons. The third-order valence-corrected chi connectivity index (χ3v) is 3.99. The lowest BCUT2D eigenvalue weighted by Crippen LogP contribution is -2.39. The zero-order valence-corrected chi connectivity index (χ0v) is 15.2. The minimum absolute atomic E-state index is 0.0140. The Labute approximate surface area is 152 Å². The molecule has 0 aliphatic heterocycles. The van der Waals surface area contributed by atoms with Crippen LogP contribution < -0.4 is 16.0 Å². The summed E-state index contributed by atoms with van der Waals surface area (Å²) in [4.78, 5) is 23.3. The van der Waals surface area contributed by atoms with Gasteiger partial charge in [0.2, 0.25) is 11.8 Å². The third kappa shape index (κ3) is 5.89. The van der Waals surface area contributed by atoms with Crippen LogP contribution >= 0.6 is 11.6 Å². The molecule has 5 nitrogen and oxygen atoms in total. The summed E-state index contributed by atoms with van der Waals surface area (Å²) in [7, 11) is 0. The monoisotopic (exact) mass is 359 g/mol. The average Bonchev–Trinajstić information content (AvgIpc) is 2.56. The van der Waals surface area contributed by atoms with Crippen LogP contribution in [0.15, 0.2) is 48.5 Å². The number of carbonyl (C=O) groups excluding carboxylic acids is 2. The Hall–Kier alpha value is -2.37. The highest BCUT2D eigenvalue weighted by atomic mass is 35.5. The minimum Gasteiger partial charge on any atom is -0.326 e. The van der Waals surface area contributed by atoms with Gasteiger partial charge in [-0.1, -0.05) is 23.7 Å². The van der Waals surface area contributed by atoms with E-state index in [1.165, 1.54) is 6.92 Å². The molecule has 0 saturated heterocycles. The fourth-order valence-corrected chi connectivity index (χ4v) is 2.52. The molecule has 0 unspecified atom stereocenters. The topological polar surface area (TPSA) is 70.2 Å². The predicted octanol–water partition coefficient (Wildman–Crippen LogP) is 3.98. The summed E-state index contributed by atoms with van der Waals surface area (Å²) in [6.45, 7) is 5.26. The quantitative estimate of drug-likeness (QED) is 0.730. The van der Waals surface area contributed by atoms with Gasteiger partial charge in [0, 0.05) is 29.4 Å². The molecular weight excluding hydrogens is 338 g/mol. The summed E-state index contributed by atoms with van der Waals surface area (Å²) in [5.74, 6) is -0.265. The van der Waals surface area contributed by atoms with Crippen LogP contribution in [0.3, 0.4) is 0 Å². The van der Waals surface area contributed by atoms with E-state index in [2.05, 4.69) is 16.0 Å². The SMILES string of the molecule is CC(=O)Nc1ccc(NC(=O)[C@H](C)N[C@@H](C)c2ccc(Cl)cc2)cc1. The molecule has 2 aromatic carbocycles. The molecule has 3 N–H and O–H groups in total. The minimum atomic E-state index is -0.374. The highest BCUT2D eigenvalue weighted by molar-refractivity contribution is 6.30. The smallest absolute Gasteiger partial charge is 0.241 e. The van der Waals surface area contributed by atoms with Crippen LogP contribution in [0.5, 0.6) is 0 Å². The molecule has 0 saturated carbocycles. The summed E-state index contributed by atoms with van der Waals surface area (Å²) < 4.78 is 0. The zero-order chi connectivity index (χ0) is 18.4. The van der Waals surface area contributed by atoms with Crippen LogP contribution in [-0.4, -0.2) is 17.9 Å². The molecule has 0 heterocycles. The lowest BCUT2D eigenvalue weighted by molar-refractivity contribution is -0.118. The number of carbonyl (C=O) groups is 2. The van der Waals surface area contributed by atoms with Gasteiger partial charge in [-0.05, 0) is 55.8 Å². The van der Waals surface area contributed by atoms with E-state index < -0.39 is 0 Å². The van der Waals surface area contributed by atoms with Gasteiger partial charge in [-0.15, -0.1) is 0 Å². The van der Waals surface area contributed by atoms with Gasteiger partial charge in [0.05, 0.1) is 6.04 Å². The number of amides is 2. The summed E-state index contributed by atoms with van der Waals surface area (Å²) in [6, 6.07) is 14.2. The van der Waals surface area contributed by atoms with Crippen LogP contribution in [-0.2, 0) is 9.59 Å². The van der Waals surface area contributed by atoms with E-state index in [-0.39, 0.29) is 23.9 Å². The van der Waals surface area contributed by atoms with Crippen molar-refractivity contribution in [1.29, 1.82) is 0 Å². The van der Waals surface area contributed by atoms with E-state index in [4.69, 9.17) is 11.6 Å².